The molecule has 8 nitrogen and oxygen atoms in total. The summed E-state index contributed by atoms with van der Waals surface area (Å²) in [6.45, 7) is 5.29. The van der Waals surface area contributed by atoms with Gasteiger partial charge in [0.1, 0.15) is 11.6 Å². The number of likely N-dealkylation sites (tertiary alicyclic amines) is 1. The summed E-state index contributed by atoms with van der Waals surface area (Å²) < 4.78 is 7.67. The predicted molar refractivity (Wildman–Crippen MR) is 130 cm³/mol. The molecule has 0 bridgehead atoms. The van der Waals surface area contributed by atoms with Crippen molar-refractivity contribution < 1.29 is 9.53 Å². The fraction of sp³-hybridized carbons (Fsp3) is 0.500. The average Bonchev–Trinajstić information content (AvgIpc) is 3.48. The molecule has 3 aromatic rings. The van der Waals surface area contributed by atoms with Crippen LogP contribution in [0.15, 0.2) is 30.5 Å². The van der Waals surface area contributed by atoms with E-state index < -0.39 is 0 Å². The smallest absolute Gasteiger partial charge is 0.254 e. The van der Waals surface area contributed by atoms with Crippen LogP contribution in [0.4, 0.5) is 5.82 Å². The molecule has 0 saturated carbocycles. The summed E-state index contributed by atoms with van der Waals surface area (Å²) in [6, 6.07) is 8.11. The van der Waals surface area contributed by atoms with Crippen molar-refractivity contribution >= 4 is 17.4 Å². The Morgan fingerprint density at radius 2 is 2.06 bits per heavy atom. The Morgan fingerprint density at radius 3 is 2.91 bits per heavy atom. The summed E-state index contributed by atoms with van der Waals surface area (Å²) in [4.78, 5) is 22.8. The molecule has 2 saturated heterocycles. The van der Waals surface area contributed by atoms with Crippen LogP contribution in [-0.4, -0.2) is 57.7 Å². The Balaban J connectivity index is 1.30. The van der Waals surface area contributed by atoms with Gasteiger partial charge in [-0.25, -0.2) is 9.50 Å². The number of ether oxygens (including phenoxy) is 1. The van der Waals surface area contributed by atoms with Gasteiger partial charge in [0, 0.05) is 49.1 Å². The topological polar surface area (TPSA) is 89.0 Å². The molecule has 178 valence electrons. The number of amides is 1. The third-order valence-electron chi connectivity index (χ3n) is 7.42. The Labute approximate surface area is 199 Å². The molecule has 2 atom stereocenters. The number of hydrogen-bond acceptors (Lipinski definition) is 6. The molecule has 5 heterocycles. The lowest BCUT2D eigenvalue weighted by molar-refractivity contribution is 0.0605. The van der Waals surface area contributed by atoms with E-state index >= 15 is 0 Å². The van der Waals surface area contributed by atoms with Crippen molar-refractivity contribution in [2.45, 2.75) is 57.5 Å². The normalized spacial score (nSPS) is 22.6. The summed E-state index contributed by atoms with van der Waals surface area (Å²) in [5.41, 5.74) is 10.8. The van der Waals surface area contributed by atoms with Crippen LogP contribution < -0.4 is 15.4 Å². The van der Waals surface area contributed by atoms with Gasteiger partial charge in [-0.15, -0.1) is 0 Å². The Bertz CT molecular complexity index is 1240. The second-order valence-electron chi connectivity index (χ2n) is 9.90. The number of aryl methyl sites for hydroxylation is 2. The van der Waals surface area contributed by atoms with Crippen LogP contribution in [-0.2, 0) is 6.42 Å². The first-order valence-electron chi connectivity index (χ1n) is 12.5. The average molecular weight is 461 g/mol. The highest BCUT2D eigenvalue weighted by molar-refractivity contribution is 5.95. The summed E-state index contributed by atoms with van der Waals surface area (Å²) >= 11 is 0. The molecule has 2 N–H and O–H groups in total. The van der Waals surface area contributed by atoms with Crippen molar-refractivity contribution in [3.63, 3.8) is 0 Å². The molecular weight excluding hydrogens is 428 g/mol. The van der Waals surface area contributed by atoms with Crippen LogP contribution in [0, 0.1) is 6.92 Å². The number of aromatic nitrogens is 3. The lowest BCUT2D eigenvalue weighted by Gasteiger charge is -2.35. The quantitative estimate of drug-likeness (QED) is 0.645. The molecule has 0 radical (unpaired) electrons. The molecule has 0 aliphatic carbocycles. The van der Waals surface area contributed by atoms with Gasteiger partial charge in [-0.2, -0.15) is 5.10 Å². The van der Waals surface area contributed by atoms with E-state index in [2.05, 4.69) is 11.8 Å². The predicted octanol–water partition coefficient (Wildman–Crippen LogP) is 3.27. The number of fused-ring (bicyclic) bond motifs is 2. The molecule has 1 aromatic carbocycles. The second-order valence-corrected chi connectivity index (χ2v) is 9.90. The van der Waals surface area contributed by atoms with Crippen LogP contribution in [0.3, 0.4) is 0 Å². The lowest BCUT2D eigenvalue weighted by Crippen LogP contribution is -2.38. The highest BCUT2D eigenvalue weighted by Gasteiger charge is 2.31. The number of rotatable bonds is 3. The number of anilines is 1. The van der Waals surface area contributed by atoms with Crippen LogP contribution in [0.5, 0.6) is 5.75 Å². The Morgan fingerprint density at radius 1 is 1.15 bits per heavy atom. The molecule has 3 aliphatic rings. The highest BCUT2D eigenvalue weighted by Crippen LogP contribution is 2.34. The number of nitrogens with zero attached hydrogens (tertiary/aromatic N) is 5. The van der Waals surface area contributed by atoms with Gasteiger partial charge >= 0.3 is 0 Å². The fourth-order valence-corrected chi connectivity index (χ4v) is 5.60. The minimum absolute atomic E-state index is 0.0506. The van der Waals surface area contributed by atoms with Crippen LogP contribution >= 0.6 is 0 Å². The zero-order valence-electron chi connectivity index (χ0n) is 19.7. The van der Waals surface area contributed by atoms with E-state index in [0.717, 1.165) is 93.2 Å². The molecule has 0 spiro atoms. The first kappa shape index (κ1) is 21.4. The van der Waals surface area contributed by atoms with Gasteiger partial charge in [-0.1, -0.05) is 6.07 Å². The molecule has 3 aliphatic heterocycles. The van der Waals surface area contributed by atoms with Crippen LogP contribution in [0.25, 0.3) is 5.65 Å². The highest BCUT2D eigenvalue weighted by atomic mass is 16.5. The number of benzene rings is 1. The Hall–Kier alpha value is -3.13. The van der Waals surface area contributed by atoms with E-state index in [9.17, 15) is 4.79 Å². The summed E-state index contributed by atoms with van der Waals surface area (Å²) in [5, 5.41) is 4.87. The Kier molecular flexibility index (Phi) is 5.40. The van der Waals surface area contributed by atoms with Gasteiger partial charge in [0.25, 0.3) is 5.91 Å². The minimum atomic E-state index is -0.0520. The van der Waals surface area contributed by atoms with Gasteiger partial charge in [0.2, 0.25) is 0 Å². The van der Waals surface area contributed by atoms with Gasteiger partial charge in [0.05, 0.1) is 18.3 Å². The summed E-state index contributed by atoms with van der Waals surface area (Å²) in [5.74, 6) is 1.89. The molecule has 0 unspecified atom stereocenters. The maximum atomic E-state index is 13.6. The molecular formula is C26H32N6O2. The van der Waals surface area contributed by atoms with E-state index in [1.165, 1.54) is 5.56 Å². The van der Waals surface area contributed by atoms with Crippen molar-refractivity contribution in [3.05, 3.63) is 52.8 Å². The number of carbonyl (C=O) groups is 1. The minimum Gasteiger partial charge on any atom is -0.493 e. The third-order valence-corrected chi connectivity index (χ3v) is 7.42. The van der Waals surface area contributed by atoms with E-state index in [4.69, 9.17) is 20.6 Å². The molecule has 6 rings (SSSR count). The summed E-state index contributed by atoms with van der Waals surface area (Å²) in [6.07, 6.45) is 8.07. The number of carbonyl (C=O) groups excluding carboxylic acids is 1. The number of piperidine rings is 1. The fourth-order valence-electron chi connectivity index (χ4n) is 5.60. The number of nitrogens with two attached hydrogens (primary N) is 1. The lowest BCUT2D eigenvalue weighted by atomic mass is 9.97. The largest absolute Gasteiger partial charge is 0.493 e. The van der Waals surface area contributed by atoms with Crippen LogP contribution in [0.2, 0.25) is 0 Å². The molecule has 8 heteroatoms. The summed E-state index contributed by atoms with van der Waals surface area (Å²) in [7, 11) is 0. The standard InChI is InChI=1S/C26H32N6O2/c1-17-15-32-24(28-25(17)30-11-9-20(27)16-30)14-21(29-32)22-6-2-3-10-31(22)26(33)19-8-7-18-5-4-12-34-23(18)13-19/h7-8,13-15,20,22H,2-6,9-12,16,27H2,1H3/t20-,22-/m0/s1. The zero-order chi connectivity index (χ0) is 23.2. The molecule has 1 amide bonds. The third kappa shape index (κ3) is 3.79. The van der Waals surface area contributed by atoms with Gasteiger partial charge in [-0.05, 0) is 63.1 Å². The first-order valence-corrected chi connectivity index (χ1v) is 12.5. The van der Waals surface area contributed by atoms with E-state index in [0.29, 0.717) is 5.56 Å². The van der Waals surface area contributed by atoms with Crippen molar-refractivity contribution in [1.29, 1.82) is 0 Å². The molecule has 2 aromatic heterocycles. The van der Waals surface area contributed by atoms with Crippen molar-refractivity contribution in [2.24, 2.45) is 5.73 Å². The van der Waals surface area contributed by atoms with Crippen molar-refractivity contribution in [2.75, 3.05) is 31.1 Å². The monoisotopic (exact) mass is 460 g/mol. The van der Waals surface area contributed by atoms with E-state index in [1.54, 1.807) is 0 Å². The van der Waals surface area contributed by atoms with Crippen molar-refractivity contribution in [1.82, 2.24) is 19.5 Å². The van der Waals surface area contributed by atoms with Gasteiger partial charge < -0.3 is 20.3 Å². The van der Waals surface area contributed by atoms with Crippen LogP contribution in [0.1, 0.15) is 65.3 Å². The number of hydrogen-bond donors (Lipinski definition) is 1. The SMILES string of the molecule is Cc1cn2nc([C@@H]3CCCCN3C(=O)c3ccc4c(c3)OCCC4)cc2nc1N1CC[C@H](N)C1. The zero-order valence-corrected chi connectivity index (χ0v) is 19.7. The van der Waals surface area contributed by atoms with Crippen molar-refractivity contribution in [3.8, 4) is 5.75 Å². The maximum absolute atomic E-state index is 13.6. The second kappa shape index (κ2) is 8.58. The van der Waals surface area contributed by atoms with Gasteiger partial charge in [0.15, 0.2) is 5.65 Å². The molecule has 2 fully saturated rings. The van der Waals surface area contributed by atoms with Gasteiger partial charge in [-0.3, -0.25) is 4.79 Å². The maximum Gasteiger partial charge on any atom is 0.254 e. The molecule has 34 heavy (non-hydrogen) atoms. The van der Waals surface area contributed by atoms with E-state index in [1.807, 2.05) is 39.9 Å². The van der Waals surface area contributed by atoms with E-state index in [-0.39, 0.29) is 18.0 Å². The first-order chi connectivity index (χ1) is 16.6.